The van der Waals surface area contributed by atoms with Crippen LogP contribution in [-0.2, 0) is 10.2 Å². The molecule has 0 spiro atoms. The normalized spacial score (nSPS) is 11.4. The van der Waals surface area contributed by atoms with Crippen LogP contribution in [0.4, 0.5) is 0 Å². The molecule has 0 aliphatic carbocycles. The Balaban J connectivity index is 2.41. The molecule has 1 heterocycles. The van der Waals surface area contributed by atoms with Gasteiger partial charge in [0.15, 0.2) is 0 Å². The van der Waals surface area contributed by atoms with Gasteiger partial charge < -0.3 is 4.90 Å². The van der Waals surface area contributed by atoms with Gasteiger partial charge in [-0.05, 0) is 30.7 Å². The van der Waals surface area contributed by atoms with Gasteiger partial charge in [0.25, 0.3) is 5.91 Å². The topological polar surface area (TPSA) is 85.4 Å². The first-order valence-electron chi connectivity index (χ1n) is 6.25. The first-order chi connectivity index (χ1) is 9.71. The van der Waals surface area contributed by atoms with Crippen molar-refractivity contribution in [2.75, 3.05) is 14.1 Å². The fourth-order valence-electron chi connectivity index (χ4n) is 2.12. The largest absolute Gasteiger partial charge is 0.345 e. The van der Waals surface area contributed by atoms with Crippen molar-refractivity contribution in [2.24, 2.45) is 5.14 Å². The minimum atomic E-state index is -3.80. The zero-order valence-corrected chi connectivity index (χ0v) is 12.9. The highest BCUT2D eigenvalue weighted by molar-refractivity contribution is 7.87. The van der Waals surface area contributed by atoms with Gasteiger partial charge in [0.05, 0.1) is 0 Å². The number of amides is 1. The van der Waals surface area contributed by atoms with Gasteiger partial charge in [0.1, 0.15) is 0 Å². The van der Waals surface area contributed by atoms with Gasteiger partial charge in [0.2, 0.25) is 0 Å². The number of hydrogen-bond acceptors (Lipinski definition) is 3. The molecular formula is C14H17N3O3S. The van der Waals surface area contributed by atoms with Gasteiger partial charge in [-0.25, -0.2) is 9.11 Å². The Labute approximate surface area is 124 Å². The van der Waals surface area contributed by atoms with E-state index < -0.39 is 10.2 Å². The summed E-state index contributed by atoms with van der Waals surface area (Å²) in [6.07, 6.45) is 1.42. The molecule has 0 atom stereocenters. The Morgan fingerprint density at radius 3 is 2.14 bits per heavy atom. The van der Waals surface area contributed by atoms with E-state index in [2.05, 4.69) is 0 Å². The van der Waals surface area contributed by atoms with E-state index in [1.54, 1.807) is 51.4 Å². The summed E-state index contributed by atoms with van der Waals surface area (Å²) in [7, 11) is -0.423. The molecule has 6 nitrogen and oxygen atoms in total. The van der Waals surface area contributed by atoms with Crippen molar-refractivity contribution in [3.8, 4) is 11.1 Å². The maximum absolute atomic E-state index is 11.8. The summed E-state index contributed by atoms with van der Waals surface area (Å²) in [6, 6.07) is 8.68. The van der Waals surface area contributed by atoms with Crippen LogP contribution in [0.1, 0.15) is 16.1 Å². The third-order valence-corrected chi connectivity index (χ3v) is 4.16. The molecular weight excluding hydrogens is 290 g/mol. The average Bonchev–Trinajstić information content (AvgIpc) is 2.79. The summed E-state index contributed by atoms with van der Waals surface area (Å²) >= 11 is 0. The number of carbonyl (C=O) groups excluding carboxylic acids is 1. The van der Waals surface area contributed by atoms with E-state index in [1.165, 1.54) is 11.1 Å². The van der Waals surface area contributed by atoms with Crippen LogP contribution in [0.2, 0.25) is 0 Å². The maximum atomic E-state index is 11.8. The van der Waals surface area contributed by atoms with Crippen molar-refractivity contribution in [1.82, 2.24) is 8.87 Å². The summed E-state index contributed by atoms with van der Waals surface area (Å²) in [5, 5.41) is 5.13. The first-order valence-corrected chi connectivity index (χ1v) is 7.75. The molecule has 112 valence electrons. The van der Waals surface area contributed by atoms with E-state index >= 15 is 0 Å². The molecule has 2 N–H and O–H groups in total. The van der Waals surface area contributed by atoms with Gasteiger partial charge in [-0.2, -0.15) is 8.42 Å². The predicted molar refractivity (Wildman–Crippen MR) is 81.1 cm³/mol. The molecule has 0 radical (unpaired) electrons. The van der Waals surface area contributed by atoms with E-state index in [1.807, 2.05) is 0 Å². The molecule has 7 heteroatoms. The van der Waals surface area contributed by atoms with Crippen LogP contribution < -0.4 is 5.14 Å². The third kappa shape index (κ3) is 2.98. The van der Waals surface area contributed by atoms with Crippen LogP contribution in [0.5, 0.6) is 0 Å². The SMILES string of the molecule is Cc1c(-c2ccc(C(=O)N(C)C)cc2)ccn1S(N)(=O)=O. The lowest BCUT2D eigenvalue weighted by Crippen LogP contribution is -2.22. The van der Waals surface area contributed by atoms with Crippen LogP contribution in [0.15, 0.2) is 36.5 Å². The second-order valence-corrected chi connectivity index (χ2v) is 6.36. The molecule has 21 heavy (non-hydrogen) atoms. The molecule has 0 aliphatic heterocycles. The lowest BCUT2D eigenvalue weighted by molar-refractivity contribution is 0.0827. The van der Waals surface area contributed by atoms with Crippen molar-refractivity contribution in [1.29, 1.82) is 0 Å². The van der Waals surface area contributed by atoms with Gasteiger partial charge >= 0.3 is 10.2 Å². The van der Waals surface area contributed by atoms with Crippen molar-refractivity contribution >= 4 is 16.1 Å². The molecule has 0 aliphatic rings. The minimum Gasteiger partial charge on any atom is -0.345 e. The fraction of sp³-hybridized carbons (Fsp3) is 0.214. The molecule has 0 bridgehead atoms. The predicted octanol–water partition coefficient (Wildman–Crippen LogP) is 1.22. The van der Waals surface area contributed by atoms with E-state index in [4.69, 9.17) is 5.14 Å². The number of nitrogens with two attached hydrogens (primary N) is 1. The second kappa shape index (κ2) is 5.34. The van der Waals surface area contributed by atoms with Gasteiger partial charge in [-0.3, -0.25) is 4.79 Å². The molecule has 0 fully saturated rings. The number of hydrogen-bond donors (Lipinski definition) is 1. The number of carbonyl (C=O) groups is 1. The smallest absolute Gasteiger partial charge is 0.302 e. The maximum Gasteiger partial charge on any atom is 0.302 e. The van der Waals surface area contributed by atoms with Crippen LogP contribution >= 0.6 is 0 Å². The van der Waals surface area contributed by atoms with Crippen molar-refractivity contribution in [2.45, 2.75) is 6.92 Å². The summed E-state index contributed by atoms with van der Waals surface area (Å²) in [5.74, 6) is -0.0830. The summed E-state index contributed by atoms with van der Waals surface area (Å²) in [5.41, 5.74) is 2.69. The average molecular weight is 307 g/mol. The lowest BCUT2D eigenvalue weighted by atomic mass is 10.0. The zero-order chi connectivity index (χ0) is 15.8. The molecule has 2 rings (SSSR count). The van der Waals surface area contributed by atoms with Crippen LogP contribution in [-0.4, -0.2) is 37.3 Å². The number of benzene rings is 1. The highest BCUT2D eigenvalue weighted by Crippen LogP contribution is 2.25. The molecule has 1 aromatic carbocycles. The monoisotopic (exact) mass is 307 g/mol. The Hall–Kier alpha value is -2.12. The van der Waals surface area contributed by atoms with Gasteiger partial charge in [0, 0.05) is 37.1 Å². The molecule has 1 aromatic heterocycles. The van der Waals surface area contributed by atoms with Crippen LogP contribution in [0.3, 0.4) is 0 Å². The summed E-state index contributed by atoms with van der Waals surface area (Å²) in [6.45, 7) is 1.68. The summed E-state index contributed by atoms with van der Waals surface area (Å²) in [4.78, 5) is 13.3. The van der Waals surface area contributed by atoms with Crippen LogP contribution in [0, 0.1) is 6.92 Å². The minimum absolute atomic E-state index is 0.0830. The van der Waals surface area contributed by atoms with Crippen molar-refractivity contribution < 1.29 is 13.2 Å². The standard InChI is InChI=1S/C14H17N3O3S/c1-10-13(8-9-17(10)21(15,19)20)11-4-6-12(7-5-11)14(18)16(2)3/h4-9H,1-3H3,(H2,15,19,20). The quantitative estimate of drug-likeness (QED) is 0.925. The molecule has 0 unspecified atom stereocenters. The van der Waals surface area contributed by atoms with Crippen LogP contribution in [0.25, 0.3) is 11.1 Å². The van der Waals surface area contributed by atoms with E-state index in [0.717, 1.165) is 15.1 Å². The van der Waals surface area contributed by atoms with Gasteiger partial charge in [-0.15, -0.1) is 0 Å². The highest BCUT2D eigenvalue weighted by Gasteiger charge is 2.14. The van der Waals surface area contributed by atoms with E-state index in [-0.39, 0.29) is 5.91 Å². The fourth-order valence-corrected chi connectivity index (χ4v) is 2.84. The molecule has 0 saturated heterocycles. The number of rotatable bonds is 3. The Morgan fingerprint density at radius 1 is 1.14 bits per heavy atom. The Kier molecular flexibility index (Phi) is 3.89. The first kappa shape index (κ1) is 15.3. The Bertz CT molecular complexity index is 774. The number of nitrogens with zero attached hydrogens (tertiary/aromatic N) is 2. The summed E-state index contributed by atoms with van der Waals surface area (Å²) < 4.78 is 23.8. The molecule has 1 amide bonds. The van der Waals surface area contributed by atoms with E-state index in [9.17, 15) is 13.2 Å². The van der Waals surface area contributed by atoms with Crippen molar-refractivity contribution in [3.63, 3.8) is 0 Å². The second-order valence-electron chi connectivity index (χ2n) is 4.93. The highest BCUT2D eigenvalue weighted by atomic mass is 32.2. The zero-order valence-electron chi connectivity index (χ0n) is 12.1. The third-order valence-electron chi connectivity index (χ3n) is 3.22. The molecule has 0 saturated carbocycles. The number of aromatic nitrogens is 1. The Morgan fingerprint density at radius 2 is 1.71 bits per heavy atom. The van der Waals surface area contributed by atoms with E-state index in [0.29, 0.717) is 11.3 Å². The lowest BCUT2D eigenvalue weighted by Gasteiger charge is -2.10. The molecule has 2 aromatic rings. The van der Waals surface area contributed by atoms with Gasteiger partial charge in [-0.1, -0.05) is 12.1 Å². The van der Waals surface area contributed by atoms with Crippen molar-refractivity contribution in [3.05, 3.63) is 47.8 Å².